The van der Waals surface area contributed by atoms with E-state index in [1.165, 1.54) is 12.1 Å². The molecule has 1 amide bonds. The Bertz CT molecular complexity index is 471. The third-order valence-electron chi connectivity index (χ3n) is 2.04. The molecule has 3 N–H and O–H groups in total. The van der Waals surface area contributed by atoms with Gasteiger partial charge in [0.15, 0.2) is 0 Å². The molecule has 1 rings (SSSR count). The molecule has 94 valence electrons. The molecule has 7 heteroatoms. The van der Waals surface area contributed by atoms with E-state index < -0.39 is 30.5 Å². The van der Waals surface area contributed by atoms with Gasteiger partial charge in [0.1, 0.15) is 12.2 Å². The van der Waals surface area contributed by atoms with Crippen LogP contribution in [-0.2, 0) is 0 Å². The minimum atomic E-state index is -3.40. The molecule has 1 aromatic heterocycles. The van der Waals surface area contributed by atoms with Crippen LogP contribution in [0.15, 0.2) is 16.9 Å². The van der Waals surface area contributed by atoms with Crippen molar-refractivity contribution in [1.82, 2.24) is 10.3 Å². The summed E-state index contributed by atoms with van der Waals surface area (Å²) in [7, 11) is 0. The van der Waals surface area contributed by atoms with Gasteiger partial charge in [0.25, 0.3) is 17.4 Å². The second kappa shape index (κ2) is 5.05. The van der Waals surface area contributed by atoms with Gasteiger partial charge in [-0.25, -0.2) is 8.78 Å². The third-order valence-corrected chi connectivity index (χ3v) is 2.04. The van der Waals surface area contributed by atoms with Crippen molar-refractivity contribution in [3.63, 3.8) is 0 Å². The van der Waals surface area contributed by atoms with E-state index in [9.17, 15) is 18.4 Å². The number of aliphatic hydroxyl groups is 1. The normalized spacial score (nSPS) is 11.3. The van der Waals surface area contributed by atoms with Crippen molar-refractivity contribution in [1.29, 1.82) is 0 Å². The number of carbonyl (C=O) groups excluding carboxylic acids is 1. The van der Waals surface area contributed by atoms with Crippen molar-refractivity contribution in [2.45, 2.75) is 12.8 Å². The molecule has 0 aromatic carbocycles. The van der Waals surface area contributed by atoms with E-state index in [2.05, 4.69) is 4.98 Å². The van der Waals surface area contributed by atoms with Gasteiger partial charge in [-0.3, -0.25) is 9.59 Å². The molecule has 0 unspecified atom stereocenters. The quantitative estimate of drug-likeness (QED) is 0.701. The summed E-state index contributed by atoms with van der Waals surface area (Å²) in [5.74, 6) is -4.30. The van der Waals surface area contributed by atoms with Crippen molar-refractivity contribution in [3.05, 3.63) is 33.7 Å². The molecule has 0 bridgehead atoms. The number of hydrogen-bond donors (Lipinski definition) is 3. The number of nitrogens with one attached hydrogen (secondary N) is 2. The SMILES string of the molecule is Cc1ccc(C(=O)NCC(F)(F)CO)c(=O)[nH]1. The highest BCUT2D eigenvalue weighted by atomic mass is 19.3. The van der Waals surface area contributed by atoms with Crippen LogP contribution in [0.1, 0.15) is 16.1 Å². The fourth-order valence-electron chi connectivity index (χ4n) is 1.11. The molecular weight excluding hydrogens is 234 g/mol. The largest absolute Gasteiger partial charge is 0.390 e. The zero-order valence-corrected chi connectivity index (χ0v) is 9.09. The van der Waals surface area contributed by atoms with Crippen LogP contribution < -0.4 is 10.9 Å². The third kappa shape index (κ3) is 3.63. The van der Waals surface area contributed by atoms with Gasteiger partial charge in [0, 0.05) is 5.69 Å². The van der Waals surface area contributed by atoms with Crippen LogP contribution in [0.4, 0.5) is 8.78 Å². The first kappa shape index (κ1) is 13.3. The van der Waals surface area contributed by atoms with E-state index in [1.54, 1.807) is 6.92 Å². The zero-order chi connectivity index (χ0) is 13.1. The van der Waals surface area contributed by atoms with Crippen LogP contribution in [-0.4, -0.2) is 35.1 Å². The number of halogens is 2. The summed E-state index contributed by atoms with van der Waals surface area (Å²) in [6, 6.07) is 2.74. The molecule has 0 saturated carbocycles. The number of aromatic amines is 1. The van der Waals surface area contributed by atoms with Crippen LogP contribution in [0, 0.1) is 6.92 Å². The summed E-state index contributed by atoms with van der Waals surface area (Å²) < 4.78 is 25.3. The number of rotatable bonds is 4. The number of aryl methyl sites for hydroxylation is 1. The highest BCUT2D eigenvalue weighted by molar-refractivity contribution is 5.93. The van der Waals surface area contributed by atoms with Crippen LogP contribution in [0.5, 0.6) is 0 Å². The van der Waals surface area contributed by atoms with E-state index >= 15 is 0 Å². The predicted octanol–water partition coefficient (Wildman–Crippen LogP) is 0.0407. The van der Waals surface area contributed by atoms with Crippen LogP contribution in [0.3, 0.4) is 0 Å². The number of pyridine rings is 1. The van der Waals surface area contributed by atoms with Gasteiger partial charge in [0.05, 0.1) is 6.54 Å². The smallest absolute Gasteiger partial charge is 0.287 e. The lowest BCUT2D eigenvalue weighted by Crippen LogP contribution is -2.40. The Hall–Kier alpha value is -1.76. The highest BCUT2D eigenvalue weighted by Gasteiger charge is 2.28. The summed E-state index contributed by atoms with van der Waals surface area (Å²) in [6.07, 6.45) is 0. The Morgan fingerprint density at radius 2 is 2.18 bits per heavy atom. The van der Waals surface area contributed by atoms with E-state index in [-0.39, 0.29) is 5.56 Å². The highest BCUT2D eigenvalue weighted by Crippen LogP contribution is 2.09. The first-order valence-electron chi connectivity index (χ1n) is 4.82. The van der Waals surface area contributed by atoms with Crippen LogP contribution in [0.25, 0.3) is 0 Å². The average Bonchev–Trinajstić information content (AvgIpc) is 2.26. The van der Waals surface area contributed by atoms with Crippen molar-refractivity contribution in [2.24, 2.45) is 0 Å². The zero-order valence-electron chi connectivity index (χ0n) is 9.09. The number of amides is 1. The molecule has 1 heterocycles. The first-order chi connectivity index (χ1) is 7.85. The Kier molecular flexibility index (Phi) is 3.95. The van der Waals surface area contributed by atoms with E-state index in [0.717, 1.165) is 0 Å². The van der Waals surface area contributed by atoms with Crippen LogP contribution in [0.2, 0.25) is 0 Å². The predicted molar refractivity (Wildman–Crippen MR) is 56.2 cm³/mol. The number of hydrogen-bond acceptors (Lipinski definition) is 3. The topological polar surface area (TPSA) is 82.2 Å². The average molecular weight is 246 g/mol. The maximum absolute atomic E-state index is 12.6. The van der Waals surface area contributed by atoms with Crippen LogP contribution >= 0.6 is 0 Å². The Morgan fingerprint density at radius 3 is 2.71 bits per heavy atom. The van der Waals surface area contributed by atoms with Gasteiger partial charge in [-0.15, -0.1) is 0 Å². The van der Waals surface area contributed by atoms with Crippen molar-refractivity contribution >= 4 is 5.91 Å². The molecule has 1 aromatic rings. The van der Waals surface area contributed by atoms with E-state index in [0.29, 0.717) is 5.69 Å². The fourth-order valence-corrected chi connectivity index (χ4v) is 1.11. The first-order valence-corrected chi connectivity index (χ1v) is 4.82. The molecule has 17 heavy (non-hydrogen) atoms. The van der Waals surface area contributed by atoms with E-state index in [4.69, 9.17) is 5.11 Å². The Balaban J connectivity index is 2.74. The molecule has 0 spiro atoms. The molecule has 0 atom stereocenters. The number of carbonyl (C=O) groups is 1. The Morgan fingerprint density at radius 1 is 1.53 bits per heavy atom. The molecule has 0 saturated heterocycles. The standard InChI is InChI=1S/C10H12F2N2O3/c1-6-2-3-7(9(17)14-6)8(16)13-4-10(11,12)5-15/h2-3,15H,4-5H2,1H3,(H,13,16)(H,14,17). The minimum absolute atomic E-state index is 0.246. The maximum Gasteiger partial charge on any atom is 0.287 e. The number of aromatic nitrogens is 1. The van der Waals surface area contributed by atoms with Gasteiger partial charge < -0.3 is 15.4 Å². The Labute approximate surface area is 95.5 Å². The van der Waals surface area contributed by atoms with Crippen molar-refractivity contribution < 1.29 is 18.7 Å². The lowest BCUT2D eigenvalue weighted by molar-refractivity contribution is -0.0462. The van der Waals surface area contributed by atoms with Gasteiger partial charge in [0.2, 0.25) is 0 Å². The van der Waals surface area contributed by atoms with E-state index in [1.807, 2.05) is 5.32 Å². The summed E-state index contributed by atoms with van der Waals surface area (Å²) in [5, 5.41) is 10.2. The van der Waals surface area contributed by atoms with Crippen molar-refractivity contribution in [3.8, 4) is 0 Å². The second-order valence-corrected chi connectivity index (χ2v) is 3.58. The minimum Gasteiger partial charge on any atom is -0.390 e. The lowest BCUT2D eigenvalue weighted by Gasteiger charge is -2.13. The second-order valence-electron chi connectivity index (χ2n) is 3.58. The van der Waals surface area contributed by atoms with Crippen molar-refractivity contribution in [2.75, 3.05) is 13.2 Å². The molecule has 0 radical (unpaired) electrons. The van der Waals surface area contributed by atoms with Gasteiger partial charge in [-0.05, 0) is 19.1 Å². The lowest BCUT2D eigenvalue weighted by atomic mass is 10.2. The molecule has 0 aliphatic carbocycles. The monoisotopic (exact) mass is 246 g/mol. The summed E-state index contributed by atoms with van der Waals surface area (Å²) in [6.45, 7) is -0.754. The summed E-state index contributed by atoms with van der Waals surface area (Å²) >= 11 is 0. The fraction of sp³-hybridized carbons (Fsp3) is 0.400. The molecule has 0 aliphatic rings. The number of aliphatic hydroxyl groups excluding tert-OH is 1. The summed E-state index contributed by atoms with van der Waals surface area (Å²) in [4.78, 5) is 25.1. The van der Waals surface area contributed by atoms with Gasteiger partial charge in [-0.1, -0.05) is 0 Å². The molecule has 0 aliphatic heterocycles. The molecule has 0 fully saturated rings. The maximum atomic E-state index is 12.6. The van der Waals surface area contributed by atoms with Gasteiger partial charge >= 0.3 is 0 Å². The molecule has 5 nitrogen and oxygen atoms in total. The summed E-state index contributed by atoms with van der Waals surface area (Å²) in [5.41, 5.74) is -0.327. The number of H-pyrrole nitrogens is 1. The number of alkyl halides is 2. The van der Waals surface area contributed by atoms with Gasteiger partial charge in [-0.2, -0.15) is 0 Å². The molecular formula is C10H12F2N2O3.